The minimum atomic E-state index is -0.00258. The first-order valence-corrected chi connectivity index (χ1v) is 12.2. The van der Waals surface area contributed by atoms with Crippen molar-refractivity contribution < 1.29 is 9.59 Å². The summed E-state index contributed by atoms with van der Waals surface area (Å²) in [4.78, 5) is 31.1. The summed E-state index contributed by atoms with van der Waals surface area (Å²) in [6.45, 7) is 3.33. The minimum Gasteiger partial charge on any atom is -0.332 e. The lowest BCUT2D eigenvalue weighted by Gasteiger charge is -2.35. The number of alkyl halides is 1. The third kappa shape index (κ3) is 6.32. The molecule has 0 spiro atoms. The van der Waals surface area contributed by atoms with Gasteiger partial charge < -0.3 is 9.80 Å². The zero-order valence-corrected chi connectivity index (χ0v) is 19.3. The molecule has 4 nitrogen and oxygen atoms in total. The zero-order chi connectivity index (χ0) is 21.3. The maximum absolute atomic E-state index is 13.5. The van der Waals surface area contributed by atoms with Crippen LogP contribution in [0, 0.1) is 6.92 Å². The Bertz CT molecular complexity index is 818. The third-order valence-corrected chi connectivity index (χ3v) is 7.02. The Morgan fingerprint density at radius 1 is 1.03 bits per heavy atom. The number of aryl methyl sites for hydroxylation is 1. The van der Waals surface area contributed by atoms with E-state index in [0.717, 1.165) is 31.2 Å². The van der Waals surface area contributed by atoms with Crippen LogP contribution >= 0.6 is 22.9 Å². The van der Waals surface area contributed by atoms with Gasteiger partial charge in [-0.2, -0.15) is 0 Å². The Morgan fingerprint density at radius 2 is 1.77 bits per heavy atom. The van der Waals surface area contributed by atoms with Gasteiger partial charge in [-0.05, 0) is 42.3 Å². The van der Waals surface area contributed by atoms with Crippen LogP contribution in [0.4, 0.5) is 0 Å². The van der Waals surface area contributed by atoms with Crippen LogP contribution in [-0.2, 0) is 22.7 Å². The summed E-state index contributed by atoms with van der Waals surface area (Å²) in [6.07, 6.45) is 5.68. The van der Waals surface area contributed by atoms with E-state index in [9.17, 15) is 9.59 Å². The molecule has 2 amide bonds. The summed E-state index contributed by atoms with van der Waals surface area (Å²) in [5, 5.41) is 2.06. The number of carbonyl (C=O) groups excluding carboxylic acids is 2. The molecule has 1 aromatic carbocycles. The van der Waals surface area contributed by atoms with E-state index < -0.39 is 0 Å². The van der Waals surface area contributed by atoms with Gasteiger partial charge in [-0.25, -0.2) is 0 Å². The molecule has 0 atom stereocenters. The second-order valence-corrected chi connectivity index (χ2v) is 9.39. The van der Waals surface area contributed by atoms with Gasteiger partial charge in [-0.3, -0.25) is 9.59 Å². The number of thiophene rings is 1. The molecule has 1 aromatic heterocycles. The molecular weight excluding hydrogens is 416 g/mol. The molecule has 6 heteroatoms. The van der Waals surface area contributed by atoms with Gasteiger partial charge in [0.1, 0.15) is 6.54 Å². The molecule has 0 N–H and O–H groups in total. The van der Waals surface area contributed by atoms with Crippen LogP contribution in [0.1, 0.15) is 54.5 Å². The fraction of sp³-hybridized carbons (Fsp3) is 0.500. The molecule has 1 heterocycles. The number of nitrogens with zero attached hydrogens (tertiary/aromatic N) is 2. The average molecular weight is 447 g/mol. The smallest absolute Gasteiger partial charge is 0.242 e. The highest BCUT2D eigenvalue weighted by Crippen LogP contribution is 2.24. The lowest BCUT2D eigenvalue weighted by atomic mass is 9.94. The number of hydrogen-bond donors (Lipinski definition) is 0. The second-order valence-electron chi connectivity index (χ2n) is 8.01. The first-order valence-electron chi connectivity index (χ1n) is 10.8. The molecular formula is C24H31ClN2O2S. The highest BCUT2D eigenvalue weighted by molar-refractivity contribution is 7.10. The van der Waals surface area contributed by atoms with E-state index in [1.165, 1.54) is 16.9 Å². The molecule has 162 valence electrons. The summed E-state index contributed by atoms with van der Waals surface area (Å²) in [7, 11) is 0. The van der Waals surface area contributed by atoms with Crippen molar-refractivity contribution in [3.8, 4) is 0 Å². The van der Waals surface area contributed by atoms with E-state index in [1.54, 1.807) is 11.3 Å². The predicted molar refractivity (Wildman–Crippen MR) is 124 cm³/mol. The van der Waals surface area contributed by atoms with Gasteiger partial charge in [-0.1, -0.05) is 49.6 Å². The maximum atomic E-state index is 13.5. The van der Waals surface area contributed by atoms with Crippen molar-refractivity contribution in [2.75, 3.05) is 12.4 Å². The number of halogens is 1. The molecule has 3 rings (SSSR count). The maximum Gasteiger partial charge on any atom is 0.242 e. The van der Waals surface area contributed by atoms with E-state index in [-0.39, 0.29) is 30.8 Å². The molecule has 0 bridgehead atoms. The number of rotatable bonds is 9. The summed E-state index contributed by atoms with van der Waals surface area (Å²) in [6, 6.07) is 12.3. The lowest BCUT2D eigenvalue weighted by molar-refractivity contribution is -0.143. The Kier molecular flexibility index (Phi) is 8.76. The standard InChI is InChI=1S/C24H31ClN2O2S/c1-19-13-15-30-22(19)17-26(16-20-8-4-2-5-9-20)24(29)18-27(23(28)12-14-25)21-10-6-3-7-11-21/h2,4-5,8-9,13,15,21H,3,6-7,10-12,14,16-18H2,1H3. The first kappa shape index (κ1) is 22.8. The molecule has 30 heavy (non-hydrogen) atoms. The van der Waals surface area contributed by atoms with Gasteiger partial charge in [0.15, 0.2) is 0 Å². The van der Waals surface area contributed by atoms with Crippen LogP contribution < -0.4 is 0 Å². The van der Waals surface area contributed by atoms with Gasteiger partial charge in [0.25, 0.3) is 0 Å². The van der Waals surface area contributed by atoms with Gasteiger partial charge in [0.05, 0.1) is 6.54 Å². The van der Waals surface area contributed by atoms with Crippen LogP contribution in [-0.4, -0.2) is 40.1 Å². The molecule has 0 radical (unpaired) electrons. The summed E-state index contributed by atoms with van der Waals surface area (Å²) in [5.41, 5.74) is 2.30. The van der Waals surface area contributed by atoms with Crippen LogP contribution in [0.5, 0.6) is 0 Å². The number of amides is 2. The average Bonchev–Trinajstić information content (AvgIpc) is 3.17. The molecule has 1 aliphatic carbocycles. The van der Waals surface area contributed by atoms with Crippen LogP contribution in [0.3, 0.4) is 0 Å². The van der Waals surface area contributed by atoms with E-state index in [4.69, 9.17) is 11.6 Å². The highest BCUT2D eigenvalue weighted by atomic mass is 35.5. The molecule has 1 aliphatic rings. The second kappa shape index (κ2) is 11.5. The number of hydrogen-bond acceptors (Lipinski definition) is 3. The topological polar surface area (TPSA) is 40.6 Å². The molecule has 0 saturated heterocycles. The van der Waals surface area contributed by atoms with Crippen molar-refractivity contribution in [1.29, 1.82) is 0 Å². The minimum absolute atomic E-state index is 0.000138. The van der Waals surface area contributed by atoms with E-state index in [1.807, 2.05) is 40.1 Å². The SMILES string of the molecule is Cc1ccsc1CN(Cc1ccccc1)C(=O)CN(C(=O)CCCl)C1CCCCC1. The first-order chi connectivity index (χ1) is 14.6. The van der Waals surface area contributed by atoms with Crippen molar-refractivity contribution in [2.24, 2.45) is 0 Å². The normalized spacial score (nSPS) is 14.5. The molecule has 1 fully saturated rings. The quantitative estimate of drug-likeness (QED) is 0.485. The van der Waals surface area contributed by atoms with Gasteiger partial charge >= 0.3 is 0 Å². The van der Waals surface area contributed by atoms with E-state index >= 15 is 0 Å². The van der Waals surface area contributed by atoms with Crippen LogP contribution in [0.15, 0.2) is 41.8 Å². The zero-order valence-electron chi connectivity index (χ0n) is 17.7. The Labute approximate surface area is 188 Å². The fourth-order valence-electron chi connectivity index (χ4n) is 4.06. The monoisotopic (exact) mass is 446 g/mol. The van der Waals surface area contributed by atoms with Crippen molar-refractivity contribution in [2.45, 2.75) is 64.6 Å². The van der Waals surface area contributed by atoms with E-state index in [0.29, 0.717) is 19.0 Å². The fourth-order valence-corrected chi connectivity index (χ4v) is 5.14. The highest BCUT2D eigenvalue weighted by Gasteiger charge is 2.29. The van der Waals surface area contributed by atoms with Gasteiger partial charge in [0.2, 0.25) is 11.8 Å². The molecule has 0 aliphatic heterocycles. The Hall–Kier alpha value is -1.85. The van der Waals surface area contributed by atoms with Crippen molar-refractivity contribution >= 4 is 34.8 Å². The summed E-state index contributed by atoms with van der Waals surface area (Å²) in [5.74, 6) is 0.288. The Morgan fingerprint density at radius 3 is 2.40 bits per heavy atom. The molecule has 0 unspecified atom stereocenters. The van der Waals surface area contributed by atoms with Crippen molar-refractivity contribution in [3.63, 3.8) is 0 Å². The predicted octanol–water partition coefficient (Wildman–Crippen LogP) is 5.38. The number of carbonyl (C=O) groups is 2. The van der Waals surface area contributed by atoms with Gasteiger partial charge in [0, 0.05) is 29.8 Å². The number of benzene rings is 1. The Balaban J connectivity index is 1.78. The lowest BCUT2D eigenvalue weighted by Crippen LogP contribution is -2.48. The molecule has 2 aromatic rings. The largest absolute Gasteiger partial charge is 0.332 e. The third-order valence-electron chi connectivity index (χ3n) is 5.82. The van der Waals surface area contributed by atoms with Crippen LogP contribution in [0.25, 0.3) is 0 Å². The summed E-state index contributed by atoms with van der Waals surface area (Å²) >= 11 is 7.53. The molecule has 1 saturated carbocycles. The van der Waals surface area contributed by atoms with Crippen LogP contribution in [0.2, 0.25) is 0 Å². The van der Waals surface area contributed by atoms with Gasteiger partial charge in [-0.15, -0.1) is 22.9 Å². The summed E-state index contributed by atoms with van der Waals surface area (Å²) < 4.78 is 0. The van der Waals surface area contributed by atoms with Crippen molar-refractivity contribution in [1.82, 2.24) is 9.80 Å². The van der Waals surface area contributed by atoms with E-state index in [2.05, 4.69) is 18.4 Å². The van der Waals surface area contributed by atoms with Crippen molar-refractivity contribution in [3.05, 3.63) is 57.8 Å².